The van der Waals surface area contributed by atoms with E-state index in [2.05, 4.69) is 10.2 Å². The van der Waals surface area contributed by atoms with Crippen LogP contribution in [0.5, 0.6) is 11.5 Å². The summed E-state index contributed by atoms with van der Waals surface area (Å²) in [4.78, 5) is 11.3. The average molecular weight is 410 g/mol. The Balaban J connectivity index is 2.11. The summed E-state index contributed by atoms with van der Waals surface area (Å²) in [7, 11) is 1.48. The Morgan fingerprint density at radius 1 is 1.24 bits per heavy atom. The Labute approximate surface area is 159 Å². The van der Waals surface area contributed by atoms with Gasteiger partial charge in [0.15, 0.2) is 11.5 Å². The molecular formula is C15H15Cl3N2O5. The van der Waals surface area contributed by atoms with Gasteiger partial charge >= 0.3 is 5.97 Å². The minimum absolute atomic E-state index is 0.134. The normalized spacial score (nSPS) is 11.2. The van der Waals surface area contributed by atoms with E-state index < -0.39 is 3.79 Å². The molecule has 1 aromatic heterocycles. The summed E-state index contributed by atoms with van der Waals surface area (Å²) in [5, 5.41) is 7.53. The predicted molar refractivity (Wildman–Crippen MR) is 92.3 cm³/mol. The van der Waals surface area contributed by atoms with Gasteiger partial charge in [0.1, 0.15) is 0 Å². The van der Waals surface area contributed by atoms with Crippen molar-refractivity contribution < 1.29 is 23.4 Å². The van der Waals surface area contributed by atoms with Crippen LogP contribution in [0.25, 0.3) is 11.5 Å². The number of carbonyl (C=O) groups is 1. The van der Waals surface area contributed by atoms with Gasteiger partial charge < -0.3 is 18.6 Å². The van der Waals surface area contributed by atoms with Crippen LogP contribution >= 0.6 is 34.8 Å². The Kier molecular flexibility index (Phi) is 6.75. The summed E-state index contributed by atoms with van der Waals surface area (Å²) >= 11 is 17.1. The maximum atomic E-state index is 11.3. The van der Waals surface area contributed by atoms with Crippen LogP contribution in [0.4, 0.5) is 0 Å². The first kappa shape index (κ1) is 19.6. The first-order valence-electron chi connectivity index (χ1n) is 7.22. The highest BCUT2D eigenvalue weighted by molar-refractivity contribution is 6.66. The summed E-state index contributed by atoms with van der Waals surface area (Å²) < 4.78 is 19.2. The molecule has 1 heterocycles. The van der Waals surface area contributed by atoms with Crippen molar-refractivity contribution in [1.82, 2.24) is 10.2 Å². The molecule has 136 valence electrons. The lowest BCUT2D eigenvalue weighted by atomic mass is 10.2. The number of ether oxygens (including phenoxy) is 3. The Bertz CT molecular complexity index is 730. The van der Waals surface area contributed by atoms with Crippen molar-refractivity contribution in [2.75, 3.05) is 20.3 Å². The molecule has 0 N–H and O–H groups in total. The number of hydrogen-bond acceptors (Lipinski definition) is 7. The number of esters is 1. The minimum Gasteiger partial charge on any atom is -0.493 e. The third kappa shape index (κ3) is 5.39. The largest absolute Gasteiger partial charge is 0.493 e. The van der Waals surface area contributed by atoms with E-state index in [1.54, 1.807) is 25.1 Å². The Morgan fingerprint density at radius 2 is 2.00 bits per heavy atom. The number of rotatable bonds is 7. The first-order valence-corrected chi connectivity index (χ1v) is 8.36. The number of aromatic nitrogens is 2. The molecule has 0 aliphatic rings. The van der Waals surface area contributed by atoms with Crippen molar-refractivity contribution in [2.45, 2.75) is 17.1 Å². The number of hydrogen-bond donors (Lipinski definition) is 0. The van der Waals surface area contributed by atoms with Crippen LogP contribution < -0.4 is 9.47 Å². The second kappa shape index (κ2) is 8.60. The van der Waals surface area contributed by atoms with E-state index in [-0.39, 0.29) is 30.8 Å². The quantitative estimate of drug-likeness (QED) is 0.506. The van der Waals surface area contributed by atoms with Gasteiger partial charge in [0, 0.05) is 5.56 Å². The van der Waals surface area contributed by atoms with E-state index in [4.69, 9.17) is 53.4 Å². The van der Waals surface area contributed by atoms with Crippen LogP contribution in [0.2, 0.25) is 0 Å². The highest BCUT2D eigenvalue weighted by Gasteiger charge is 2.30. The van der Waals surface area contributed by atoms with Crippen molar-refractivity contribution in [2.24, 2.45) is 0 Å². The minimum atomic E-state index is -1.80. The number of carbonyl (C=O) groups excluding carboxylic acids is 1. The maximum absolute atomic E-state index is 11.3. The van der Waals surface area contributed by atoms with Crippen molar-refractivity contribution >= 4 is 40.8 Å². The lowest BCUT2D eigenvalue weighted by Crippen LogP contribution is -2.09. The van der Waals surface area contributed by atoms with Crippen molar-refractivity contribution in [3.8, 4) is 23.0 Å². The number of benzene rings is 1. The highest BCUT2D eigenvalue weighted by atomic mass is 35.6. The molecule has 0 saturated heterocycles. The summed E-state index contributed by atoms with van der Waals surface area (Å²) in [5.41, 5.74) is 0.558. The second-order valence-corrected chi connectivity index (χ2v) is 6.96. The molecule has 0 radical (unpaired) electrons. The maximum Gasteiger partial charge on any atom is 0.309 e. The van der Waals surface area contributed by atoms with Gasteiger partial charge in [0.2, 0.25) is 5.89 Å². The molecule has 25 heavy (non-hydrogen) atoms. The van der Waals surface area contributed by atoms with Gasteiger partial charge in [0.25, 0.3) is 9.68 Å². The molecule has 0 spiro atoms. The molecule has 0 bridgehead atoms. The molecular weight excluding hydrogens is 395 g/mol. The fraction of sp³-hybridized carbons (Fsp3) is 0.400. The topological polar surface area (TPSA) is 83.7 Å². The molecule has 0 atom stereocenters. The standard InChI is InChI=1S/C15H15Cl3N2O5/c1-3-23-12(21)6-7-24-10-5-4-9(8-11(10)22-2)13-19-20-14(25-13)15(16,17)18/h4-5,8H,3,6-7H2,1-2H3. The highest BCUT2D eigenvalue weighted by Crippen LogP contribution is 2.39. The molecule has 0 unspecified atom stereocenters. The lowest BCUT2D eigenvalue weighted by Gasteiger charge is -2.11. The molecule has 7 nitrogen and oxygen atoms in total. The van der Waals surface area contributed by atoms with Gasteiger partial charge in [-0.3, -0.25) is 4.79 Å². The van der Waals surface area contributed by atoms with Gasteiger partial charge in [-0.25, -0.2) is 0 Å². The zero-order chi connectivity index (χ0) is 18.4. The summed E-state index contributed by atoms with van der Waals surface area (Å²) in [5.74, 6) is 0.578. The van der Waals surface area contributed by atoms with Gasteiger partial charge in [-0.05, 0) is 25.1 Å². The third-order valence-electron chi connectivity index (χ3n) is 2.95. The summed E-state index contributed by atoms with van der Waals surface area (Å²) in [6.07, 6.45) is 0.134. The number of halogens is 3. The number of methoxy groups -OCH3 is 1. The molecule has 0 fully saturated rings. The summed E-state index contributed by atoms with van der Waals surface area (Å²) in [6.45, 7) is 2.23. The zero-order valence-corrected chi connectivity index (χ0v) is 15.7. The van der Waals surface area contributed by atoms with Crippen molar-refractivity contribution in [3.63, 3.8) is 0 Å². The number of alkyl halides is 3. The smallest absolute Gasteiger partial charge is 0.309 e. The van der Waals surface area contributed by atoms with Crippen LogP contribution in [-0.2, 0) is 13.3 Å². The van der Waals surface area contributed by atoms with Crippen LogP contribution in [0.1, 0.15) is 19.2 Å². The van der Waals surface area contributed by atoms with E-state index in [9.17, 15) is 4.79 Å². The zero-order valence-electron chi connectivity index (χ0n) is 13.4. The van der Waals surface area contributed by atoms with Crippen molar-refractivity contribution in [3.05, 3.63) is 24.1 Å². The molecule has 2 aromatic rings. The average Bonchev–Trinajstić information content (AvgIpc) is 3.05. The molecule has 1 aromatic carbocycles. The fourth-order valence-corrected chi connectivity index (χ4v) is 2.08. The SMILES string of the molecule is CCOC(=O)CCOc1ccc(-c2nnc(C(Cl)(Cl)Cl)o2)cc1OC. The van der Waals surface area contributed by atoms with Crippen LogP contribution in [0.15, 0.2) is 22.6 Å². The monoisotopic (exact) mass is 408 g/mol. The Hall–Kier alpha value is -1.70. The van der Waals surface area contributed by atoms with Gasteiger partial charge in [-0.2, -0.15) is 0 Å². The van der Waals surface area contributed by atoms with Crippen LogP contribution in [0, 0.1) is 0 Å². The predicted octanol–water partition coefficient (Wildman–Crippen LogP) is 3.90. The van der Waals surface area contributed by atoms with Gasteiger partial charge in [-0.1, -0.05) is 34.8 Å². The Morgan fingerprint density at radius 3 is 2.60 bits per heavy atom. The second-order valence-electron chi connectivity index (χ2n) is 4.68. The molecule has 0 saturated carbocycles. The van der Waals surface area contributed by atoms with E-state index >= 15 is 0 Å². The molecule has 10 heteroatoms. The van der Waals surface area contributed by atoms with Gasteiger partial charge in [0.05, 0.1) is 26.7 Å². The van der Waals surface area contributed by atoms with Crippen LogP contribution in [0.3, 0.4) is 0 Å². The van der Waals surface area contributed by atoms with E-state index in [0.29, 0.717) is 23.7 Å². The molecule has 0 aliphatic carbocycles. The first-order chi connectivity index (χ1) is 11.8. The molecule has 0 amide bonds. The van der Waals surface area contributed by atoms with E-state index in [1.807, 2.05) is 0 Å². The van der Waals surface area contributed by atoms with Gasteiger partial charge in [-0.15, -0.1) is 10.2 Å². The fourth-order valence-electron chi connectivity index (χ4n) is 1.85. The number of nitrogens with zero attached hydrogens (tertiary/aromatic N) is 2. The summed E-state index contributed by atoms with van der Waals surface area (Å²) in [6, 6.07) is 4.96. The van der Waals surface area contributed by atoms with Crippen molar-refractivity contribution in [1.29, 1.82) is 0 Å². The molecule has 0 aliphatic heterocycles. The molecule has 2 rings (SSSR count). The van der Waals surface area contributed by atoms with E-state index in [0.717, 1.165) is 0 Å². The third-order valence-corrected chi connectivity index (χ3v) is 3.43. The lowest BCUT2D eigenvalue weighted by molar-refractivity contribution is -0.143. The van der Waals surface area contributed by atoms with E-state index in [1.165, 1.54) is 7.11 Å². The van der Waals surface area contributed by atoms with Crippen LogP contribution in [-0.4, -0.2) is 36.5 Å².